The van der Waals surface area contributed by atoms with Crippen molar-refractivity contribution in [2.75, 3.05) is 0 Å². The molecule has 0 fully saturated rings. The van der Waals surface area contributed by atoms with Crippen LogP contribution < -0.4 is 4.74 Å². The minimum atomic E-state index is -0.425. The average Bonchev–Trinajstić information content (AvgIpc) is 2.80. The van der Waals surface area contributed by atoms with E-state index >= 15 is 0 Å². The summed E-state index contributed by atoms with van der Waals surface area (Å²) in [5.41, 5.74) is 1.45. The maximum Gasteiger partial charge on any atom is 0.233 e. The van der Waals surface area contributed by atoms with Crippen LogP contribution in [0.4, 0.5) is 4.39 Å². The summed E-state index contributed by atoms with van der Waals surface area (Å²) >= 11 is 3.19. The fourth-order valence-corrected chi connectivity index (χ4v) is 2.05. The van der Waals surface area contributed by atoms with E-state index in [2.05, 4.69) is 20.9 Å². The number of benzene rings is 2. The number of ether oxygens (including phenoxy) is 1. The van der Waals surface area contributed by atoms with Gasteiger partial charge in [0.1, 0.15) is 5.52 Å². The molecule has 3 aromatic rings. The van der Waals surface area contributed by atoms with Crippen LogP contribution in [0.15, 0.2) is 51.4 Å². The van der Waals surface area contributed by atoms with Crippen LogP contribution in [0, 0.1) is 5.82 Å². The van der Waals surface area contributed by atoms with Gasteiger partial charge in [-0.15, -0.1) is 0 Å². The summed E-state index contributed by atoms with van der Waals surface area (Å²) in [6.45, 7) is 0.0905. The molecular weight excluding hydrogens is 313 g/mol. The van der Waals surface area contributed by atoms with E-state index in [0.29, 0.717) is 15.9 Å². The van der Waals surface area contributed by atoms with Crippen LogP contribution in [0.3, 0.4) is 0 Å². The number of oxazole rings is 1. The Bertz CT molecular complexity index is 693. The van der Waals surface area contributed by atoms with Crippen LogP contribution in [0.25, 0.3) is 11.1 Å². The maximum absolute atomic E-state index is 13.6. The summed E-state index contributed by atoms with van der Waals surface area (Å²) in [4.78, 5) is 4.25. The van der Waals surface area contributed by atoms with Crippen molar-refractivity contribution in [3.05, 3.63) is 58.6 Å². The molecule has 0 saturated heterocycles. The molecule has 0 bridgehead atoms. The number of rotatable bonds is 3. The number of halogens is 2. The summed E-state index contributed by atoms with van der Waals surface area (Å²) < 4.78 is 25.1. The fraction of sp³-hybridized carbons (Fsp3) is 0.0714. The second kappa shape index (κ2) is 5.01. The van der Waals surface area contributed by atoms with Crippen LogP contribution >= 0.6 is 15.9 Å². The van der Waals surface area contributed by atoms with Crippen LogP contribution in [0.5, 0.6) is 5.75 Å². The van der Waals surface area contributed by atoms with Gasteiger partial charge < -0.3 is 9.15 Å². The van der Waals surface area contributed by atoms with E-state index in [-0.39, 0.29) is 12.4 Å². The lowest BCUT2D eigenvalue weighted by atomic mass is 10.3. The first kappa shape index (κ1) is 12.2. The van der Waals surface area contributed by atoms with Crippen molar-refractivity contribution in [2.24, 2.45) is 0 Å². The molecule has 19 heavy (non-hydrogen) atoms. The molecule has 0 amide bonds. The predicted molar refractivity (Wildman–Crippen MR) is 72.4 cm³/mol. The zero-order valence-corrected chi connectivity index (χ0v) is 11.4. The third kappa shape index (κ3) is 2.61. The van der Waals surface area contributed by atoms with Gasteiger partial charge in [-0.3, -0.25) is 0 Å². The van der Waals surface area contributed by atoms with Gasteiger partial charge in [0.2, 0.25) is 5.89 Å². The number of hydrogen-bond acceptors (Lipinski definition) is 3. The van der Waals surface area contributed by atoms with Gasteiger partial charge in [-0.25, -0.2) is 9.37 Å². The standard InChI is InChI=1S/C14H9BrFNO2/c15-9-5-6-12(10(16)7-9)18-8-14-17-11-3-1-2-4-13(11)19-14/h1-7H,8H2. The highest BCUT2D eigenvalue weighted by atomic mass is 79.9. The number of para-hydroxylation sites is 2. The Morgan fingerprint density at radius 1 is 1.21 bits per heavy atom. The summed E-state index contributed by atoms with van der Waals surface area (Å²) in [6, 6.07) is 12.0. The first-order valence-corrected chi connectivity index (χ1v) is 6.44. The van der Waals surface area contributed by atoms with Crippen molar-refractivity contribution in [3.63, 3.8) is 0 Å². The quantitative estimate of drug-likeness (QED) is 0.721. The van der Waals surface area contributed by atoms with Crippen molar-refractivity contribution < 1.29 is 13.5 Å². The van der Waals surface area contributed by atoms with E-state index in [1.165, 1.54) is 6.07 Å². The number of fused-ring (bicyclic) bond motifs is 1. The Morgan fingerprint density at radius 2 is 2.05 bits per heavy atom. The van der Waals surface area contributed by atoms with Gasteiger partial charge in [-0.1, -0.05) is 28.1 Å². The minimum absolute atomic E-state index is 0.0905. The lowest BCUT2D eigenvalue weighted by molar-refractivity contribution is 0.255. The first-order chi connectivity index (χ1) is 9.22. The SMILES string of the molecule is Fc1cc(Br)ccc1OCc1nc2ccccc2o1. The van der Waals surface area contributed by atoms with Crippen LogP contribution in [0.1, 0.15) is 5.89 Å². The highest BCUT2D eigenvalue weighted by molar-refractivity contribution is 9.10. The Hall–Kier alpha value is -1.88. The zero-order valence-electron chi connectivity index (χ0n) is 9.77. The summed E-state index contributed by atoms with van der Waals surface area (Å²) in [7, 11) is 0. The van der Waals surface area contributed by atoms with Crippen molar-refractivity contribution in [2.45, 2.75) is 6.61 Å². The molecule has 5 heteroatoms. The molecule has 3 rings (SSSR count). The number of aromatic nitrogens is 1. The number of nitrogens with zero attached hydrogens (tertiary/aromatic N) is 1. The van der Waals surface area contributed by atoms with E-state index < -0.39 is 5.82 Å². The van der Waals surface area contributed by atoms with E-state index in [1.54, 1.807) is 12.1 Å². The Labute approximate surface area is 117 Å². The Morgan fingerprint density at radius 3 is 2.84 bits per heavy atom. The molecule has 0 aliphatic heterocycles. The summed E-state index contributed by atoms with van der Waals surface area (Å²) in [6.07, 6.45) is 0. The van der Waals surface area contributed by atoms with Gasteiger partial charge in [0.25, 0.3) is 0 Å². The normalized spacial score (nSPS) is 10.8. The first-order valence-electron chi connectivity index (χ1n) is 5.65. The predicted octanol–water partition coefficient (Wildman–Crippen LogP) is 4.31. The molecule has 2 aromatic carbocycles. The number of hydrogen-bond donors (Lipinski definition) is 0. The third-order valence-electron chi connectivity index (χ3n) is 2.58. The molecular formula is C14H9BrFNO2. The minimum Gasteiger partial charge on any atom is -0.481 e. The molecule has 0 aliphatic carbocycles. The third-order valence-corrected chi connectivity index (χ3v) is 3.08. The van der Waals surface area contributed by atoms with Crippen LogP contribution in [-0.4, -0.2) is 4.98 Å². The smallest absolute Gasteiger partial charge is 0.233 e. The highest BCUT2D eigenvalue weighted by Gasteiger charge is 2.08. The van der Waals surface area contributed by atoms with Crippen LogP contribution in [0.2, 0.25) is 0 Å². The summed E-state index contributed by atoms with van der Waals surface area (Å²) in [5.74, 6) is 0.166. The summed E-state index contributed by atoms with van der Waals surface area (Å²) in [5, 5.41) is 0. The van der Waals surface area contributed by atoms with Gasteiger partial charge in [0.05, 0.1) is 0 Å². The van der Waals surface area contributed by atoms with Gasteiger partial charge in [0, 0.05) is 4.47 Å². The second-order valence-corrected chi connectivity index (χ2v) is 4.85. The van der Waals surface area contributed by atoms with Crippen molar-refractivity contribution >= 4 is 27.0 Å². The van der Waals surface area contributed by atoms with Gasteiger partial charge in [-0.05, 0) is 30.3 Å². The lowest BCUT2D eigenvalue weighted by Crippen LogP contribution is -1.97. The van der Waals surface area contributed by atoms with E-state index in [9.17, 15) is 4.39 Å². The molecule has 0 aliphatic rings. The molecule has 0 atom stereocenters. The topological polar surface area (TPSA) is 35.3 Å². The van der Waals surface area contributed by atoms with Crippen molar-refractivity contribution in [3.8, 4) is 5.75 Å². The average molecular weight is 322 g/mol. The molecule has 0 saturated carbocycles. The monoisotopic (exact) mass is 321 g/mol. The van der Waals surface area contributed by atoms with E-state index in [4.69, 9.17) is 9.15 Å². The van der Waals surface area contributed by atoms with Gasteiger partial charge in [0.15, 0.2) is 23.8 Å². The second-order valence-electron chi connectivity index (χ2n) is 3.94. The largest absolute Gasteiger partial charge is 0.481 e. The van der Waals surface area contributed by atoms with Gasteiger partial charge in [-0.2, -0.15) is 0 Å². The van der Waals surface area contributed by atoms with Gasteiger partial charge >= 0.3 is 0 Å². The molecule has 0 radical (unpaired) electrons. The van der Waals surface area contributed by atoms with Crippen LogP contribution in [-0.2, 0) is 6.61 Å². The molecule has 1 aromatic heterocycles. The fourth-order valence-electron chi connectivity index (χ4n) is 1.71. The molecule has 0 N–H and O–H groups in total. The van der Waals surface area contributed by atoms with Crippen molar-refractivity contribution in [1.29, 1.82) is 0 Å². The molecule has 96 valence electrons. The maximum atomic E-state index is 13.6. The Balaban J connectivity index is 1.78. The van der Waals surface area contributed by atoms with Crippen molar-refractivity contribution in [1.82, 2.24) is 4.98 Å². The lowest BCUT2D eigenvalue weighted by Gasteiger charge is -2.04. The molecule has 1 heterocycles. The zero-order chi connectivity index (χ0) is 13.2. The van der Waals surface area contributed by atoms with E-state index in [1.807, 2.05) is 24.3 Å². The molecule has 0 spiro atoms. The molecule has 3 nitrogen and oxygen atoms in total. The highest BCUT2D eigenvalue weighted by Crippen LogP contribution is 2.23. The Kier molecular flexibility index (Phi) is 3.21. The van der Waals surface area contributed by atoms with E-state index in [0.717, 1.165) is 5.52 Å². The molecule has 0 unspecified atom stereocenters.